The molecule has 0 aliphatic carbocycles. The van der Waals surface area contributed by atoms with Gasteiger partial charge in [0.25, 0.3) is 5.89 Å². The lowest BCUT2D eigenvalue weighted by Gasteiger charge is -2.15. The van der Waals surface area contributed by atoms with Gasteiger partial charge in [-0.05, 0) is 42.8 Å². The molecule has 0 saturated carbocycles. The van der Waals surface area contributed by atoms with Gasteiger partial charge >= 0.3 is 0 Å². The number of rotatable bonds is 6. The molecule has 2 heterocycles. The number of amides is 1. The lowest BCUT2D eigenvalue weighted by molar-refractivity contribution is -0.114. The maximum atomic E-state index is 11.1. The van der Waals surface area contributed by atoms with E-state index in [2.05, 4.69) is 20.4 Å². The molecule has 4 rings (SSSR count). The van der Waals surface area contributed by atoms with Crippen LogP contribution >= 0.6 is 0 Å². The third-order valence-electron chi connectivity index (χ3n) is 5.08. The van der Waals surface area contributed by atoms with Crippen LogP contribution in [-0.2, 0) is 11.3 Å². The Morgan fingerprint density at radius 3 is 2.76 bits per heavy atom. The van der Waals surface area contributed by atoms with E-state index in [0.29, 0.717) is 11.8 Å². The second-order valence-corrected chi connectivity index (χ2v) is 7.24. The van der Waals surface area contributed by atoms with Crippen LogP contribution < -0.4 is 10.1 Å². The van der Waals surface area contributed by atoms with Gasteiger partial charge in [0.15, 0.2) is 0 Å². The molecule has 1 aliphatic heterocycles. The van der Waals surface area contributed by atoms with Crippen molar-refractivity contribution in [1.82, 2.24) is 15.1 Å². The Balaban J connectivity index is 1.39. The van der Waals surface area contributed by atoms with Gasteiger partial charge in [0.1, 0.15) is 5.75 Å². The van der Waals surface area contributed by atoms with E-state index >= 15 is 0 Å². The third-order valence-corrected chi connectivity index (χ3v) is 5.08. The van der Waals surface area contributed by atoms with Gasteiger partial charge in [-0.15, -0.1) is 10.2 Å². The largest absolute Gasteiger partial charge is 0.496 e. The Kier molecular flexibility index (Phi) is 5.57. The van der Waals surface area contributed by atoms with Gasteiger partial charge in [-0.3, -0.25) is 9.69 Å². The van der Waals surface area contributed by atoms with Crippen molar-refractivity contribution in [1.29, 1.82) is 0 Å². The molecular formula is C22H24N4O3. The summed E-state index contributed by atoms with van der Waals surface area (Å²) in [5.41, 5.74) is 2.83. The summed E-state index contributed by atoms with van der Waals surface area (Å²) >= 11 is 0. The molecule has 29 heavy (non-hydrogen) atoms. The van der Waals surface area contributed by atoms with E-state index in [-0.39, 0.29) is 11.8 Å². The first kappa shape index (κ1) is 19.1. The maximum Gasteiger partial charge on any atom is 0.251 e. The maximum absolute atomic E-state index is 11.1. The number of carbonyl (C=O) groups excluding carboxylic acids is 1. The van der Waals surface area contributed by atoms with Crippen LogP contribution in [0.5, 0.6) is 5.75 Å². The number of nitrogens with one attached hydrogen (secondary N) is 1. The van der Waals surface area contributed by atoms with Crippen LogP contribution in [-0.4, -0.2) is 41.2 Å². The number of aromatic nitrogens is 2. The van der Waals surface area contributed by atoms with Crippen LogP contribution in [0.25, 0.3) is 11.5 Å². The highest BCUT2D eigenvalue weighted by atomic mass is 16.5. The van der Waals surface area contributed by atoms with Crippen LogP contribution in [0.4, 0.5) is 5.69 Å². The molecule has 0 radical (unpaired) electrons. The molecule has 1 N–H and O–H groups in total. The van der Waals surface area contributed by atoms with Gasteiger partial charge in [-0.2, -0.15) is 0 Å². The molecular weight excluding hydrogens is 368 g/mol. The molecule has 0 unspecified atom stereocenters. The number of nitrogens with zero attached hydrogens (tertiary/aromatic N) is 3. The number of ether oxygens (including phenoxy) is 1. The van der Waals surface area contributed by atoms with E-state index in [1.165, 1.54) is 12.5 Å². The summed E-state index contributed by atoms with van der Waals surface area (Å²) in [4.78, 5) is 13.5. The van der Waals surface area contributed by atoms with Crippen molar-refractivity contribution >= 4 is 11.6 Å². The Morgan fingerprint density at radius 2 is 2.00 bits per heavy atom. The summed E-state index contributed by atoms with van der Waals surface area (Å²) in [6.07, 6.45) is 0.984. The highest BCUT2D eigenvalue weighted by Gasteiger charge is 2.28. The summed E-state index contributed by atoms with van der Waals surface area (Å²) in [5.74, 6) is 2.05. The van der Waals surface area contributed by atoms with E-state index in [4.69, 9.17) is 9.15 Å². The van der Waals surface area contributed by atoms with Crippen molar-refractivity contribution in [3.63, 3.8) is 0 Å². The summed E-state index contributed by atoms with van der Waals surface area (Å²) in [5, 5.41) is 11.3. The molecule has 0 spiro atoms. The number of hydrogen-bond acceptors (Lipinski definition) is 6. The van der Waals surface area contributed by atoms with E-state index in [9.17, 15) is 4.79 Å². The second kappa shape index (κ2) is 8.45. The SMILES string of the molecule is COc1ccccc1-c1nnc([C@H]2CCN(Cc3ccc(NC(C)=O)cc3)C2)o1. The minimum Gasteiger partial charge on any atom is -0.496 e. The van der Waals surface area contributed by atoms with E-state index in [1.54, 1.807) is 7.11 Å². The van der Waals surface area contributed by atoms with Crippen LogP contribution in [0.1, 0.15) is 30.7 Å². The Labute approximate surface area is 169 Å². The van der Waals surface area contributed by atoms with Gasteiger partial charge in [-0.25, -0.2) is 0 Å². The fourth-order valence-corrected chi connectivity index (χ4v) is 3.66. The molecule has 1 fully saturated rings. The first-order valence-electron chi connectivity index (χ1n) is 9.68. The normalized spacial score (nSPS) is 16.7. The number of benzene rings is 2. The van der Waals surface area contributed by atoms with Crippen molar-refractivity contribution < 1.29 is 13.9 Å². The minimum absolute atomic E-state index is 0.0628. The molecule has 1 aliphatic rings. The van der Waals surface area contributed by atoms with Crippen molar-refractivity contribution in [2.45, 2.75) is 25.8 Å². The number of anilines is 1. The quantitative estimate of drug-likeness (QED) is 0.689. The zero-order valence-corrected chi connectivity index (χ0v) is 16.6. The van der Waals surface area contributed by atoms with E-state index < -0.39 is 0 Å². The Hall–Kier alpha value is -3.19. The second-order valence-electron chi connectivity index (χ2n) is 7.24. The zero-order chi connectivity index (χ0) is 20.2. The number of methoxy groups -OCH3 is 1. The predicted octanol–water partition coefficient (Wildman–Crippen LogP) is 3.69. The highest BCUT2D eigenvalue weighted by molar-refractivity contribution is 5.88. The predicted molar refractivity (Wildman–Crippen MR) is 110 cm³/mol. The fourth-order valence-electron chi connectivity index (χ4n) is 3.66. The van der Waals surface area contributed by atoms with Gasteiger partial charge in [0.2, 0.25) is 11.8 Å². The van der Waals surface area contributed by atoms with Gasteiger partial charge < -0.3 is 14.5 Å². The Bertz CT molecular complexity index is 984. The number of likely N-dealkylation sites (tertiary alicyclic amines) is 1. The van der Waals surface area contributed by atoms with Crippen LogP contribution in [0.15, 0.2) is 52.9 Å². The number of hydrogen-bond donors (Lipinski definition) is 1. The number of carbonyl (C=O) groups is 1. The van der Waals surface area contributed by atoms with Gasteiger partial charge in [0.05, 0.1) is 18.6 Å². The summed E-state index contributed by atoms with van der Waals surface area (Å²) in [7, 11) is 1.63. The monoisotopic (exact) mass is 392 g/mol. The molecule has 1 saturated heterocycles. The fraction of sp³-hybridized carbons (Fsp3) is 0.318. The molecule has 7 heteroatoms. The van der Waals surface area contributed by atoms with Crippen molar-refractivity contribution in [3.05, 3.63) is 60.0 Å². The Morgan fingerprint density at radius 1 is 1.21 bits per heavy atom. The average molecular weight is 392 g/mol. The summed E-state index contributed by atoms with van der Waals surface area (Å²) < 4.78 is 11.4. The topological polar surface area (TPSA) is 80.5 Å². The van der Waals surface area contributed by atoms with E-state index in [0.717, 1.165) is 43.1 Å². The smallest absolute Gasteiger partial charge is 0.251 e. The van der Waals surface area contributed by atoms with Gasteiger partial charge in [-0.1, -0.05) is 24.3 Å². The van der Waals surface area contributed by atoms with Crippen molar-refractivity contribution in [3.8, 4) is 17.2 Å². The van der Waals surface area contributed by atoms with Crippen LogP contribution in [0, 0.1) is 0 Å². The molecule has 1 atom stereocenters. The first-order chi connectivity index (χ1) is 14.1. The zero-order valence-electron chi connectivity index (χ0n) is 16.6. The van der Waals surface area contributed by atoms with Crippen molar-refractivity contribution in [2.75, 3.05) is 25.5 Å². The summed E-state index contributed by atoms with van der Waals surface area (Å²) in [6, 6.07) is 15.6. The summed E-state index contributed by atoms with van der Waals surface area (Å²) in [6.45, 7) is 4.21. The molecule has 3 aromatic rings. The third kappa shape index (κ3) is 4.46. The number of para-hydroxylation sites is 1. The van der Waals surface area contributed by atoms with Crippen LogP contribution in [0.2, 0.25) is 0 Å². The molecule has 0 bridgehead atoms. The molecule has 1 amide bonds. The molecule has 7 nitrogen and oxygen atoms in total. The van der Waals surface area contributed by atoms with Crippen LogP contribution in [0.3, 0.4) is 0 Å². The minimum atomic E-state index is -0.0628. The lowest BCUT2D eigenvalue weighted by Crippen LogP contribution is -2.19. The molecule has 150 valence electrons. The van der Waals surface area contributed by atoms with Crippen molar-refractivity contribution in [2.24, 2.45) is 0 Å². The van der Waals surface area contributed by atoms with Gasteiger partial charge in [0, 0.05) is 25.7 Å². The first-order valence-corrected chi connectivity index (χ1v) is 9.68. The molecule has 2 aromatic carbocycles. The van der Waals surface area contributed by atoms with E-state index in [1.807, 2.05) is 48.5 Å². The lowest BCUT2D eigenvalue weighted by atomic mass is 10.1. The standard InChI is InChI=1S/C22H24N4O3/c1-15(27)23-18-9-7-16(8-10-18)13-26-12-11-17(14-26)21-24-25-22(29-21)19-5-3-4-6-20(19)28-2/h3-10,17H,11-14H2,1-2H3,(H,23,27)/t17-/m0/s1. The highest BCUT2D eigenvalue weighted by Crippen LogP contribution is 2.32. The average Bonchev–Trinajstić information content (AvgIpc) is 3.38. The molecule has 1 aromatic heterocycles.